The van der Waals surface area contributed by atoms with Crippen molar-refractivity contribution in [3.05, 3.63) is 12.2 Å². The molecule has 0 aliphatic carbocycles. The van der Waals surface area contributed by atoms with Crippen molar-refractivity contribution in [2.24, 2.45) is 0 Å². The maximum absolute atomic E-state index is 11.3. The van der Waals surface area contributed by atoms with Crippen molar-refractivity contribution in [3.63, 3.8) is 0 Å². The summed E-state index contributed by atoms with van der Waals surface area (Å²) in [6, 6.07) is 0.109. The van der Waals surface area contributed by atoms with E-state index in [-0.39, 0.29) is 11.9 Å². The first-order valence-corrected chi connectivity index (χ1v) is 5.05. The van der Waals surface area contributed by atoms with E-state index < -0.39 is 0 Å². The topological polar surface area (TPSA) is 20.3 Å². The van der Waals surface area contributed by atoms with Gasteiger partial charge in [0.15, 0.2) is 0 Å². The second-order valence-electron chi connectivity index (χ2n) is 3.77. The van der Waals surface area contributed by atoms with Gasteiger partial charge in [-0.25, -0.2) is 0 Å². The van der Waals surface area contributed by atoms with Crippen LogP contribution in [0.15, 0.2) is 12.2 Å². The Kier molecular flexibility index (Phi) is 3.76. The van der Waals surface area contributed by atoms with Crippen molar-refractivity contribution in [2.45, 2.75) is 39.2 Å². The van der Waals surface area contributed by atoms with Crippen LogP contribution in [0, 0.1) is 11.8 Å². The van der Waals surface area contributed by atoms with Crippen LogP contribution in [0.2, 0.25) is 0 Å². The molecule has 0 radical (unpaired) electrons. The Morgan fingerprint density at radius 3 is 2.71 bits per heavy atom. The summed E-state index contributed by atoms with van der Waals surface area (Å²) < 4.78 is 0. The molecule has 76 valence electrons. The van der Waals surface area contributed by atoms with Crippen LogP contribution in [0.25, 0.3) is 0 Å². The standard InChI is InChI=1S/C12H17NO/c1-10(2)7-8-12-6-4-5-9-13(12)11(3)14/h12H,1,4-6,9H2,2-3H3. The normalized spacial score (nSPS) is 21.0. The van der Waals surface area contributed by atoms with Crippen LogP contribution in [0.1, 0.15) is 33.1 Å². The molecule has 0 bridgehead atoms. The lowest BCUT2D eigenvalue weighted by Crippen LogP contribution is -2.41. The Balaban J connectivity index is 2.69. The summed E-state index contributed by atoms with van der Waals surface area (Å²) in [5, 5.41) is 0. The molecule has 1 aliphatic heterocycles. The van der Waals surface area contributed by atoms with Crippen LogP contribution in [-0.2, 0) is 4.79 Å². The van der Waals surface area contributed by atoms with E-state index in [1.54, 1.807) is 6.92 Å². The molecule has 14 heavy (non-hydrogen) atoms. The first-order valence-electron chi connectivity index (χ1n) is 5.05. The number of rotatable bonds is 0. The van der Waals surface area contributed by atoms with Crippen LogP contribution in [0.4, 0.5) is 0 Å². The zero-order valence-corrected chi connectivity index (χ0v) is 8.97. The monoisotopic (exact) mass is 191 g/mol. The lowest BCUT2D eigenvalue weighted by Gasteiger charge is -2.31. The fourth-order valence-electron chi connectivity index (χ4n) is 1.67. The van der Waals surface area contributed by atoms with Gasteiger partial charge in [-0.2, -0.15) is 0 Å². The van der Waals surface area contributed by atoms with E-state index in [1.165, 1.54) is 6.42 Å². The maximum Gasteiger partial charge on any atom is 0.220 e. The smallest absolute Gasteiger partial charge is 0.220 e. The third-order valence-corrected chi connectivity index (χ3v) is 2.36. The van der Waals surface area contributed by atoms with Gasteiger partial charge in [0.1, 0.15) is 0 Å². The molecule has 0 N–H and O–H groups in total. The SMILES string of the molecule is C=C(C)C#CC1CCCCN1C(C)=O. The highest BCUT2D eigenvalue weighted by molar-refractivity contribution is 5.74. The first kappa shape index (κ1) is 10.8. The highest BCUT2D eigenvalue weighted by atomic mass is 16.2. The molecule has 0 aromatic heterocycles. The molecule has 0 saturated carbocycles. The molecule has 1 saturated heterocycles. The molecule has 1 heterocycles. The molecular formula is C12H17NO. The summed E-state index contributed by atoms with van der Waals surface area (Å²) in [4.78, 5) is 13.2. The van der Waals surface area contributed by atoms with Crippen molar-refractivity contribution < 1.29 is 4.79 Å². The molecule has 0 aromatic rings. The van der Waals surface area contributed by atoms with Gasteiger partial charge in [0.05, 0.1) is 6.04 Å². The van der Waals surface area contributed by atoms with Gasteiger partial charge in [0.25, 0.3) is 0 Å². The first-order chi connectivity index (χ1) is 6.61. The van der Waals surface area contributed by atoms with Gasteiger partial charge >= 0.3 is 0 Å². The van der Waals surface area contributed by atoms with E-state index >= 15 is 0 Å². The molecule has 0 aromatic carbocycles. The zero-order chi connectivity index (χ0) is 10.6. The van der Waals surface area contributed by atoms with Crippen molar-refractivity contribution >= 4 is 5.91 Å². The molecule has 1 aliphatic rings. The van der Waals surface area contributed by atoms with Gasteiger partial charge < -0.3 is 4.90 Å². The number of allylic oxidation sites excluding steroid dienone is 1. The number of carbonyl (C=O) groups excluding carboxylic acids is 1. The van der Waals surface area contributed by atoms with Gasteiger partial charge in [-0.3, -0.25) is 4.79 Å². The number of piperidine rings is 1. The van der Waals surface area contributed by atoms with E-state index in [9.17, 15) is 4.79 Å². The molecule has 2 heteroatoms. The predicted molar refractivity (Wildman–Crippen MR) is 57.6 cm³/mol. The van der Waals surface area contributed by atoms with Gasteiger partial charge in [0, 0.05) is 13.5 Å². The highest BCUT2D eigenvalue weighted by Gasteiger charge is 2.22. The number of carbonyl (C=O) groups is 1. The van der Waals surface area contributed by atoms with E-state index in [4.69, 9.17) is 0 Å². The molecule has 1 fully saturated rings. The molecule has 2 nitrogen and oxygen atoms in total. The summed E-state index contributed by atoms with van der Waals surface area (Å²) in [6.07, 6.45) is 3.27. The molecule has 1 rings (SSSR count). The predicted octanol–water partition coefficient (Wildman–Crippen LogP) is 1.97. The van der Waals surface area contributed by atoms with E-state index in [0.29, 0.717) is 0 Å². The molecular weight excluding hydrogens is 174 g/mol. The lowest BCUT2D eigenvalue weighted by molar-refractivity contribution is -0.131. The molecule has 0 spiro atoms. The Labute approximate surface area is 86.0 Å². The van der Waals surface area contributed by atoms with Crippen molar-refractivity contribution in [2.75, 3.05) is 6.54 Å². The van der Waals surface area contributed by atoms with Crippen LogP contribution < -0.4 is 0 Å². The summed E-state index contributed by atoms with van der Waals surface area (Å²) >= 11 is 0. The van der Waals surface area contributed by atoms with Gasteiger partial charge in [0.2, 0.25) is 5.91 Å². The fraction of sp³-hybridized carbons (Fsp3) is 0.583. The van der Waals surface area contributed by atoms with Crippen LogP contribution in [0.3, 0.4) is 0 Å². The van der Waals surface area contributed by atoms with Crippen molar-refractivity contribution in [1.82, 2.24) is 4.90 Å². The van der Waals surface area contributed by atoms with Crippen LogP contribution in [-0.4, -0.2) is 23.4 Å². The quantitative estimate of drug-likeness (QED) is 0.536. The lowest BCUT2D eigenvalue weighted by atomic mass is 10.0. The van der Waals surface area contributed by atoms with E-state index in [0.717, 1.165) is 25.0 Å². The van der Waals surface area contributed by atoms with E-state index in [2.05, 4.69) is 18.4 Å². The summed E-state index contributed by atoms with van der Waals surface area (Å²) in [6.45, 7) is 8.08. The Morgan fingerprint density at radius 2 is 2.14 bits per heavy atom. The average molecular weight is 191 g/mol. The number of likely N-dealkylation sites (tertiary alicyclic amines) is 1. The minimum atomic E-state index is 0.109. The van der Waals surface area contributed by atoms with Gasteiger partial charge in [-0.05, 0) is 31.8 Å². The fourth-order valence-corrected chi connectivity index (χ4v) is 1.67. The molecule has 1 unspecified atom stereocenters. The minimum Gasteiger partial charge on any atom is -0.329 e. The Morgan fingerprint density at radius 1 is 1.43 bits per heavy atom. The van der Waals surface area contributed by atoms with E-state index in [1.807, 2.05) is 11.8 Å². The number of nitrogens with zero attached hydrogens (tertiary/aromatic N) is 1. The van der Waals surface area contributed by atoms with Crippen molar-refractivity contribution in [1.29, 1.82) is 0 Å². The van der Waals surface area contributed by atoms with Gasteiger partial charge in [-0.1, -0.05) is 18.4 Å². The molecule has 1 amide bonds. The van der Waals surface area contributed by atoms with Gasteiger partial charge in [-0.15, -0.1) is 0 Å². The largest absolute Gasteiger partial charge is 0.329 e. The highest BCUT2D eigenvalue weighted by Crippen LogP contribution is 2.16. The second kappa shape index (κ2) is 4.85. The summed E-state index contributed by atoms with van der Waals surface area (Å²) in [7, 11) is 0. The Hall–Kier alpha value is -1.23. The zero-order valence-electron chi connectivity index (χ0n) is 8.97. The third-order valence-electron chi connectivity index (χ3n) is 2.36. The van der Waals surface area contributed by atoms with Crippen LogP contribution in [0.5, 0.6) is 0 Å². The second-order valence-corrected chi connectivity index (χ2v) is 3.77. The molecule has 1 atom stereocenters. The van der Waals surface area contributed by atoms with Crippen LogP contribution >= 0.6 is 0 Å². The summed E-state index contributed by atoms with van der Waals surface area (Å²) in [5.74, 6) is 6.20. The average Bonchev–Trinajstić information content (AvgIpc) is 2.15. The van der Waals surface area contributed by atoms with Crippen molar-refractivity contribution in [3.8, 4) is 11.8 Å². The Bertz CT molecular complexity index is 295. The third kappa shape index (κ3) is 2.92. The summed E-state index contributed by atoms with van der Waals surface area (Å²) in [5.41, 5.74) is 0.860. The number of hydrogen-bond acceptors (Lipinski definition) is 1. The number of amides is 1. The maximum atomic E-state index is 11.3. The number of hydrogen-bond donors (Lipinski definition) is 0. The minimum absolute atomic E-state index is 0.109.